The molecule has 0 fully saturated rings. The first kappa shape index (κ1) is 17.7. The van der Waals surface area contributed by atoms with Gasteiger partial charge in [-0.05, 0) is 30.7 Å². The zero-order valence-corrected chi connectivity index (χ0v) is 13.1. The van der Waals surface area contributed by atoms with Crippen molar-refractivity contribution in [3.05, 3.63) is 59.7 Å². The molecule has 0 heterocycles. The van der Waals surface area contributed by atoms with Crippen molar-refractivity contribution < 1.29 is 23.4 Å². The molecule has 0 aliphatic carbocycles. The average Bonchev–Trinajstić information content (AvgIpc) is 2.56. The van der Waals surface area contributed by atoms with E-state index >= 15 is 0 Å². The molecule has 0 saturated heterocycles. The predicted octanol–water partition coefficient (Wildman–Crippen LogP) is 2.83. The Hall–Kier alpha value is -2.67. The minimum Gasteiger partial charge on any atom is -0.491 e. The van der Waals surface area contributed by atoms with Crippen molar-refractivity contribution in [1.29, 1.82) is 0 Å². The molecule has 2 rings (SSSR count). The molecule has 2 amide bonds. The van der Waals surface area contributed by atoms with Crippen LogP contribution >= 0.6 is 0 Å². The van der Waals surface area contributed by atoms with Gasteiger partial charge in [0, 0.05) is 18.3 Å². The summed E-state index contributed by atoms with van der Waals surface area (Å²) in [4.78, 5) is 11.8. The number of ether oxygens (including phenoxy) is 1. The SMILES string of the molecule is Cc1ccccc1NC(=O)NCC(O)COc1ccc(F)c(F)c1. The summed E-state index contributed by atoms with van der Waals surface area (Å²) >= 11 is 0. The molecule has 2 aromatic carbocycles. The maximum absolute atomic E-state index is 13.0. The van der Waals surface area contributed by atoms with E-state index in [1.807, 2.05) is 19.1 Å². The first-order chi connectivity index (χ1) is 11.5. The van der Waals surface area contributed by atoms with Crippen LogP contribution in [-0.2, 0) is 0 Å². The first-order valence-corrected chi connectivity index (χ1v) is 7.32. The lowest BCUT2D eigenvalue weighted by Crippen LogP contribution is -2.37. The average molecular weight is 336 g/mol. The highest BCUT2D eigenvalue weighted by Crippen LogP contribution is 2.15. The van der Waals surface area contributed by atoms with Gasteiger partial charge in [-0.2, -0.15) is 0 Å². The fourth-order valence-electron chi connectivity index (χ4n) is 1.91. The second-order valence-electron chi connectivity index (χ2n) is 5.19. The van der Waals surface area contributed by atoms with E-state index in [1.54, 1.807) is 12.1 Å². The number of rotatable bonds is 6. The molecule has 0 bridgehead atoms. The number of benzene rings is 2. The van der Waals surface area contributed by atoms with E-state index in [4.69, 9.17) is 4.74 Å². The summed E-state index contributed by atoms with van der Waals surface area (Å²) < 4.78 is 30.9. The van der Waals surface area contributed by atoms with Gasteiger partial charge < -0.3 is 20.5 Å². The third kappa shape index (κ3) is 5.20. The summed E-state index contributed by atoms with van der Waals surface area (Å²) in [6.45, 7) is 1.64. The molecule has 7 heteroatoms. The Morgan fingerprint density at radius 1 is 1.21 bits per heavy atom. The Morgan fingerprint density at radius 2 is 1.96 bits per heavy atom. The maximum atomic E-state index is 13.0. The summed E-state index contributed by atoms with van der Waals surface area (Å²) in [5.41, 5.74) is 1.58. The molecule has 5 nitrogen and oxygen atoms in total. The molecule has 1 unspecified atom stereocenters. The van der Waals surface area contributed by atoms with E-state index in [0.29, 0.717) is 5.69 Å². The van der Waals surface area contributed by atoms with Crippen LogP contribution in [0.2, 0.25) is 0 Å². The highest BCUT2D eigenvalue weighted by atomic mass is 19.2. The lowest BCUT2D eigenvalue weighted by molar-refractivity contribution is 0.108. The van der Waals surface area contributed by atoms with E-state index in [1.165, 1.54) is 6.07 Å². The van der Waals surface area contributed by atoms with Crippen LogP contribution in [-0.4, -0.2) is 30.4 Å². The van der Waals surface area contributed by atoms with E-state index in [0.717, 1.165) is 17.7 Å². The van der Waals surface area contributed by atoms with Gasteiger partial charge >= 0.3 is 6.03 Å². The number of hydrogen-bond acceptors (Lipinski definition) is 3. The monoisotopic (exact) mass is 336 g/mol. The number of halogens is 2. The van der Waals surface area contributed by atoms with Crippen molar-refractivity contribution in [2.75, 3.05) is 18.5 Å². The summed E-state index contributed by atoms with van der Waals surface area (Å²) in [6.07, 6.45) is -0.999. The molecule has 0 radical (unpaired) electrons. The van der Waals surface area contributed by atoms with Crippen LogP contribution in [0.25, 0.3) is 0 Å². The number of para-hydroxylation sites is 1. The van der Waals surface area contributed by atoms with Crippen molar-refractivity contribution >= 4 is 11.7 Å². The van der Waals surface area contributed by atoms with Gasteiger partial charge in [0.1, 0.15) is 18.5 Å². The normalized spacial score (nSPS) is 11.7. The van der Waals surface area contributed by atoms with E-state index in [-0.39, 0.29) is 18.9 Å². The number of hydrogen-bond donors (Lipinski definition) is 3. The van der Waals surface area contributed by atoms with Crippen molar-refractivity contribution in [2.24, 2.45) is 0 Å². The quantitative estimate of drug-likeness (QED) is 0.760. The van der Waals surface area contributed by atoms with Crippen molar-refractivity contribution in [1.82, 2.24) is 5.32 Å². The van der Waals surface area contributed by atoms with Crippen molar-refractivity contribution in [2.45, 2.75) is 13.0 Å². The first-order valence-electron chi connectivity index (χ1n) is 7.32. The lowest BCUT2D eigenvalue weighted by Gasteiger charge is -2.14. The number of carbonyl (C=O) groups is 1. The summed E-state index contributed by atoms with van der Waals surface area (Å²) in [5.74, 6) is -1.91. The van der Waals surface area contributed by atoms with Gasteiger partial charge in [0.05, 0.1) is 0 Å². The zero-order valence-electron chi connectivity index (χ0n) is 13.1. The van der Waals surface area contributed by atoms with Gasteiger partial charge in [-0.3, -0.25) is 0 Å². The van der Waals surface area contributed by atoms with Gasteiger partial charge in [-0.25, -0.2) is 13.6 Å². The van der Waals surface area contributed by atoms with Crippen LogP contribution in [0.15, 0.2) is 42.5 Å². The van der Waals surface area contributed by atoms with Crippen LogP contribution in [0.3, 0.4) is 0 Å². The fourth-order valence-corrected chi connectivity index (χ4v) is 1.91. The van der Waals surface area contributed by atoms with Gasteiger partial charge in [0.25, 0.3) is 0 Å². The predicted molar refractivity (Wildman–Crippen MR) is 86.1 cm³/mol. The molecule has 0 saturated carbocycles. The Balaban J connectivity index is 1.74. The van der Waals surface area contributed by atoms with Crippen molar-refractivity contribution in [3.8, 4) is 5.75 Å². The third-order valence-electron chi connectivity index (χ3n) is 3.22. The fraction of sp³-hybridized carbons (Fsp3) is 0.235. The highest BCUT2D eigenvalue weighted by Gasteiger charge is 2.10. The standard InChI is InChI=1S/C17H18F2N2O3/c1-11-4-2-3-5-16(11)21-17(23)20-9-12(22)10-24-13-6-7-14(18)15(19)8-13/h2-8,12,22H,9-10H2,1H3,(H2,20,21,23). The smallest absolute Gasteiger partial charge is 0.319 e. The minimum absolute atomic E-state index is 0.0542. The molecule has 2 aromatic rings. The van der Waals surface area contributed by atoms with Crippen LogP contribution in [0.1, 0.15) is 5.56 Å². The Kier molecular flexibility index (Phi) is 6.08. The second kappa shape index (κ2) is 8.26. The second-order valence-corrected chi connectivity index (χ2v) is 5.19. The highest BCUT2D eigenvalue weighted by molar-refractivity contribution is 5.89. The number of anilines is 1. The molecule has 0 aliphatic rings. The number of aliphatic hydroxyl groups is 1. The molecule has 0 aromatic heterocycles. The Morgan fingerprint density at radius 3 is 2.67 bits per heavy atom. The molecule has 0 aliphatic heterocycles. The van der Waals surface area contributed by atoms with Crippen LogP contribution in [0, 0.1) is 18.6 Å². The molecule has 128 valence electrons. The van der Waals surface area contributed by atoms with Gasteiger partial charge in [-0.15, -0.1) is 0 Å². The van der Waals surface area contributed by atoms with Crippen LogP contribution < -0.4 is 15.4 Å². The number of amides is 2. The molecular weight excluding hydrogens is 318 g/mol. The molecular formula is C17H18F2N2O3. The Bertz CT molecular complexity index is 710. The van der Waals surface area contributed by atoms with Gasteiger partial charge in [0.15, 0.2) is 11.6 Å². The summed E-state index contributed by atoms with van der Waals surface area (Å²) in [6, 6.07) is 9.90. The molecule has 1 atom stereocenters. The van der Waals surface area contributed by atoms with E-state index < -0.39 is 23.8 Å². The Labute approximate surface area is 138 Å². The largest absolute Gasteiger partial charge is 0.491 e. The van der Waals surface area contributed by atoms with Crippen molar-refractivity contribution in [3.63, 3.8) is 0 Å². The van der Waals surface area contributed by atoms with Gasteiger partial charge in [0.2, 0.25) is 0 Å². The minimum atomic E-state index is -1.03. The molecule has 24 heavy (non-hydrogen) atoms. The number of urea groups is 1. The number of aliphatic hydroxyl groups excluding tert-OH is 1. The maximum Gasteiger partial charge on any atom is 0.319 e. The lowest BCUT2D eigenvalue weighted by atomic mass is 10.2. The topological polar surface area (TPSA) is 70.6 Å². The molecule has 3 N–H and O–H groups in total. The van der Waals surface area contributed by atoms with Crippen LogP contribution in [0.5, 0.6) is 5.75 Å². The zero-order chi connectivity index (χ0) is 17.5. The summed E-state index contributed by atoms with van der Waals surface area (Å²) in [5, 5.41) is 14.9. The number of nitrogens with one attached hydrogen (secondary N) is 2. The number of aryl methyl sites for hydroxylation is 1. The molecule has 0 spiro atoms. The van der Waals surface area contributed by atoms with E-state index in [2.05, 4.69) is 10.6 Å². The van der Waals surface area contributed by atoms with Gasteiger partial charge in [-0.1, -0.05) is 18.2 Å². The third-order valence-corrected chi connectivity index (χ3v) is 3.22. The number of carbonyl (C=O) groups excluding carboxylic acids is 1. The van der Waals surface area contributed by atoms with Crippen LogP contribution in [0.4, 0.5) is 19.3 Å². The van der Waals surface area contributed by atoms with E-state index in [9.17, 15) is 18.7 Å². The summed E-state index contributed by atoms with van der Waals surface area (Å²) in [7, 11) is 0.